The Hall–Kier alpha value is -2.55. The molecule has 1 aromatic carbocycles. The second-order valence-electron chi connectivity index (χ2n) is 10.5. The molecule has 190 valence electrons. The van der Waals surface area contributed by atoms with E-state index in [9.17, 15) is 19.5 Å². The fourth-order valence-electron chi connectivity index (χ4n) is 5.87. The lowest BCUT2D eigenvalue weighted by atomic mass is 9.90. The van der Waals surface area contributed by atoms with Crippen molar-refractivity contribution < 1.29 is 14.7 Å². The molecule has 3 heterocycles. The number of nitrogens with one attached hydrogen (secondary N) is 2. The molecule has 8 nitrogen and oxygen atoms in total. The van der Waals surface area contributed by atoms with Crippen LogP contribution in [-0.2, 0) is 4.79 Å². The minimum absolute atomic E-state index is 0.0480. The number of para-hydroxylation sites is 1. The lowest BCUT2D eigenvalue weighted by molar-refractivity contribution is -0.116. The van der Waals surface area contributed by atoms with Crippen LogP contribution in [0.1, 0.15) is 62.9 Å². The molecule has 0 aliphatic carbocycles. The predicted octanol–water partition coefficient (Wildman–Crippen LogP) is 2.09. The van der Waals surface area contributed by atoms with Gasteiger partial charge in [-0.15, -0.1) is 0 Å². The van der Waals surface area contributed by atoms with E-state index in [1.807, 2.05) is 38.1 Å². The van der Waals surface area contributed by atoms with Crippen molar-refractivity contribution in [2.45, 2.75) is 70.7 Å². The zero-order valence-corrected chi connectivity index (χ0v) is 21.0. The molecule has 8 heteroatoms. The smallest absolute Gasteiger partial charge is 0.264 e. The van der Waals surface area contributed by atoms with Crippen molar-refractivity contribution in [1.29, 1.82) is 0 Å². The molecular weight excluding hydrogens is 444 g/mol. The van der Waals surface area contributed by atoms with E-state index >= 15 is 0 Å². The molecule has 3 N–H and O–H groups in total. The summed E-state index contributed by atoms with van der Waals surface area (Å²) in [7, 11) is 0. The van der Waals surface area contributed by atoms with E-state index in [-0.39, 0.29) is 35.4 Å². The van der Waals surface area contributed by atoms with Gasteiger partial charge in [-0.05, 0) is 69.9 Å². The summed E-state index contributed by atoms with van der Waals surface area (Å²) in [6, 6.07) is 10.1. The second-order valence-corrected chi connectivity index (χ2v) is 10.5. The fourth-order valence-corrected chi connectivity index (χ4v) is 5.87. The Morgan fingerprint density at radius 3 is 2.49 bits per heavy atom. The molecule has 35 heavy (non-hydrogen) atoms. The quantitative estimate of drug-likeness (QED) is 0.479. The van der Waals surface area contributed by atoms with E-state index in [4.69, 9.17) is 0 Å². The number of ketones is 1. The van der Waals surface area contributed by atoms with Gasteiger partial charge >= 0.3 is 0 Å². The van der Waals surface area contributed by atoms with Gasteiger partial charge in [-0.3, -0.25) is 19.3 Å². The maximum atomic E-state index is 13.1. The first-order valence-electron chi connectivity index (χ1n) is 12.8. The number of fused-ring (bicyclic) bond motifs is 3. The monoisotopic (exact) mass is 482 g/mol. The van der Waals surface area contributed by atoms with Crippen LogP contribution >= 0.6 is 0 Å². The van der Waals surface area contributed by atoms with Gasteiger partial charge < -0.3 is 20.3 Å². The van der Waals surface area contributed by atoms with Crippen molar-refractivity contribution >= 4 is 22.6 Å². The highest BCUT2D eigenvalue weighted by Gasteiger charge is 2.41. The molecule has 1 amide bonds. The molecule has 2 unspecified atom stereocenters. The van der Waals surface area contributed by atoms with Crippen LogP contribution in [0.4, 0.5) is 0 Å². The van der Waals surface area contributed by atoms with Gasteiger partial charge in [0.15, 0.2) is 0 Å². The average Bonchev–Trinajstić information content (AvgIpc) is 3.03. The van der Waals surface area contributed by atoms with Crippen molar-refractivity contribution in [3.8, 4) is 0 Å². The van der Waals surface area contributed by atoms with Gasteiger partial charge in [0.05, 0.1) is 18.2 Å². The van der Waals surface area contributed by atoms with Gasteiger partial charge in [-0.25, -0.2) is 0 Å². The van der Waals surface area contributed by atoms with E-state index in [1.165, 1.54) is 6.92 Å². The molecule has 0 radical (unpaired) electrons. The van der Waals surface area contributed by atoms with Gasteiger partial charge in [0.1, 0.15) is 11.3 Å². The number of aromatic nitrogens is 1. The number of piperidine rings is 1. The molecule has 2 fully saturated rings. The topological polar surface area (TPSA) is 104 Å². The summed E-state index contributed by atoms with van der Waals surface area (Å²) in [6.07, 6.45) is 3.64. The van der Waals surface area contributed by atoms with Gasteiger partial charge in [0, 0.05) is 37.8 Å². The zero-order valence-electron chi connectivity index (χ0n) is 21.0. The highest BCUT2D eigenvalue weighted by Crippen LogP contribution is 2.38. The molecule has 2 aromatic rings. The van der Waals surface area contributed by atoms with Gasteiger partial charge in [0.2, 0.25) is 0 Å². The molecule has 0 spiro atoms. The van der Waals surface area contributed by atoms with Crippen LogP contribution in [0.2, 0.25) is 0 Å². The fraction of sp³-hybridized carbons (Fsp3) is 0.593. The number of carbonyl (C=O) groups excluding carboxylic acids is 2. The van der Waals surface area contributed by atoms with Gasteiger partial charge in [0.25, 0.3) is 11.5 Å². The number of aliphatic hydroxyl groups is 1. The third kappa shape index (κ3) is 5.82. The number of rotatable bonds is 10. The van der Waals surface area contributed by atoms with Crippen molar-refractivity contribution in [3.63, 3.8) is 0 Å². The number of hydrogen-bond donors (Lipinski definition) is 3. The van der Waals surface area contributed by atoms with Crippen LogP contribution < -0.4 is 16.2 Å². The molecule has 0 saturated carbocycles. The van der Waals surface area contributed by atoms with Crippen molar-refractivity contribution in [2.75, 3.05) is 26.2 Å². The number of aliphatic hydroxyl groups excluding tert-OH is 1. The number of carbonyl (C=O) groups is 2. The van der Waals surface area contributed by atoms with Crippen LogP contribution in [0.5, 0.6) is 0 Å². The van der Waals surface area contributed by atoms with E-state index in [1.54, 1.807) is 10.6 Å². The first-order valence-corrected chi connectivity index (χ1v) is 12.8. The number of pyridine rings is 1. The number of hydrogen-bond acceptors (Lipinski definition) is 6. The molecule has 2 saturated heterocycles. The molecule has 4 atom stereocenters. The lowest BCUT2D eigenvalue weighted by Crippen LogP contribution is -2.50. The maximum absolute atomic E-state index is 13.1. The molecule has 2 aliphatic rings. The van der Waals surface area contributed by atoms with Crippen LogP contribution in [0.3, 0.4) is 0 Å². The predicted molar refractivity (Wildman–Crippen MR) is 137 cm³/mol. The number of benzene rings is 1. The van der Waals surface area contributed by atoms with E-state index in [2.05, 4.69) is 15.5 Å². The van der Waals surface area contributed by atoms with Crippen LogP contribution in [0.15, 0.2) is 35.1 Å². The van der Waals surface area contributed by atoms with Gasteiger partial charge in [-0.1, -0.05) is 18.2 Å². The van der Waals surface area contributed by atoms with E-state index in [0.29, 0.717) is 37.6 Å². The summed E-state index contributed by atoms with van der Waals surface area (Å²) in [5.74, 6) is 0.109. The standard InChI is InChI=1S/C27H38N4O4/c1-17(2)31-25-7-5-4-6-20(25)12-24(27(31)35)26(34)29-14-19-10-21-8-9-22(11-19)30(21)16-23(33)15-28-13-18(3)32/h4-7,12,17,19,21-23,28,33H,8-11,13-16H2,1-3H3,(H,29,34)/t19?,21-,22+,23?. The first-order chi connectivity index (χ1) is 16.7. The Bertz CT molecular complexity index is 1110. The largest absolute Gasteiger partial charge is 0.390 e. The summed E-state index contributed by atoms with van der Waals surface area (Å²) in [6.45, 7) is 7.29. The van der Waals surface area contributed by atoms with Crippen molar-refractivity contribution in [3.05, 3.63) is 46.2 Å². The number of nitrogens with zero attached hydrogens (tertiary/aromatic N) is 2. The SMILES string of the molecule is CC(=O)CNCC(O)CN1[C@@H]2CC[C@H]1CC(CNC(=O)c1cc3ccccc3n(C(C)C)c1=O)C2. The molecule has 2 bridgehead atoms. The summed E-state index contributed by atoms with van der Waals surface area (Å²) in [4.78, 5) is 39.7. The Labute approximate surface area is 206 Å². The number of Topliss-reactive ketones (excluding diaryl/α,β-unsaturated/α-hetero) is 1. The van der Waals surface area contributed by atoms with E-state index < -0.39 is 6.10 Å². The maximum Gasteiger partial charge on any atom is 0.264 e. The van der Waals surface area contributed by atoms with Crippen LogP contribution in [0, 0.1) is 5.92 Å². The van der Waals surface area contributed by atoms with Crippen molar-refractivity contribution in [1.82, 2.24) is 20.1 Å². The Balaban J connectivity index is 1.36. The highest BCUT2D eigenvalue weighted by atomic mass is 16.3. The first kappa shape index (κ1) is 25.5. The highest BCUT2D eigenvalue weighted by molar-refractivity contribution is 5.97. The summed E-state index contributed by atoms with van der Waals surface area (Å²) < 4.78 is 1.69. The van der Waals surface area contributed by atoms with Crippen molar-refractivity contribution in [2.24, 2.45) is 5.92 Å². The summed E-state index contributed by atoms with van der Waals surface area (Å²) in [5.41, 5.74) is 0.782. The van der Waals surface area contributed by atoms with Crippen LogP contribution in [0.25, 0.3) is 10.9 Å². The minimum atomic E-state index is -0.510. The third-order valence-electron chi connectivity index (χ3n) is 7.42. The molecule has 1 aromatic heterocycles. The lowest BCUT2D eigenvalue weighted by Gasteiger charge is -2.40. The molecule has 2 aliphatic heterocycles. The number of amides is 1. The molecular formula is C27H38N4O4. The summed E-state index contributed by atoms with van der Waals surface area (Å²) in [5, 5.41) is 17.3. The van der Waals surface area contributed by atoms with Gasteiger partial charge in [-0.2, -0.15) is 0 Å². The van der Waals surface area contributed by atoms with E-state index in [0.717, 1.165) is 36.6 Å². The minimum Gasteiger partial charge on any atom is -0.390 e. The normalized spacial score (nSPS) is 23.1. The average molecular weight is 483 g/mol. The third-order valence-corrected chi connectivity index (χ3v) is 7.42. The Morgan fingerprint density at radius 1 is 1.14 bits per heavy atom. The van der Waals surface area contributed by atoms with Crippen LogP contribution in [-0.4, -0.2) is 70.6 Å². The zero-order chi connectivity index (χ0) is 25.1. The molecule has 4 rings (SSSR count). The summed E-state index contributed by atoms with van der Waals surface area (Å²) >= 11 is 0. The Kier molecular flexibility index (Phi) is 8.04. The second kappa shape index (κ2) is 11.0. The Morgan fingerprint density at radius 2 is 1.83 bits per heavy atom.